The molecule has 3 heteroatoms. The van der Waals surface area contributed by atoms with Gasteiger partial charge in [-0.05, 0) is 90.0 Å². The van der Waals surface area contributed by atoms with E-state index in [1.54, 1.807) is 0 Å². The van der Waals surface area contributed by atoms with Gasteiger partial charge in [-0.25, -0.2) is 15.0 Å². The Labute approximate surface area is 355 Å². The van der Waals surface area contributed by atoms with Crippen LogP contribution in [0.4, 0.5) is 0 Å². The molecule has 1 heterocycles. The summed E-state index contributed by atoms with van der Waals surface area (Å²) in [7, 11) is 0. The Morgan fingerprint density at radius 3 is 1.08 bits per heavy atom. The maximum Gasteiger partial charge on any atom is 0.164 e. The third-order valence-corrected chi connectivity index (χ3v) is 12.6. The summed E-state index contributed by atoms with van der Waals surface area (Å²) in [5.41, 5.74) is 20.1. The summed E-state index contributed by atoms with van der Waals surface area (Å²) in [6, 6.07) is 80.5. The summed E-state index contributed by atoms with van der Waals surface area (Å²) < 4.78 is 0. The lowest BCUT2D eigenvalue weighted by molar-refractivity contribution is 0.794. The van der Waals surface area contributed by atoms with Gasteiger partial charge in [-0.3, -0.25) is 0 Å². The fourth-order valence-electron chi connectivity index (χ4n) is 9.76. The summed E-state index contributed by atoms with van der Waals surface area (Å²) in [5, 5.41) is 0. The van der Waals surface area contributed by atoms with Crippen LogP contribution in [-0.4, -0.2) is 15.0 Å². The van der Waals surface area contributed by atoms with Crippen molar-refractivity contribution in [1.29, 1.82) is 0 Å². The third kappa shape index (κ3) is 5.62. The Morgan fingerprint density at radius 1 is 0.213 bits per heavy atom. The highest BCUT2D eigenvalue weighted by atomic mass is 15.0. The quantitative estimate of drug-likeness (QED) is 0.169. The van der Waals surface area contributed by atoms with Crippen LogP contribution < -0.4 is 0 Å². The van der Waals surface area contributed by atoms with E-state index >= 15 is 0 Å². The molecule has 0 N–H and O–H groups in total. The SMILES string of the molecule is c1ccc(-c2ccc(-c3nc(-c4ccccc4)nc(-c4cccc(-c5ccc(-c6ccc7c(c6)C6(c8ccccc8-c8ccccc86)c6ccccc6-7)cc5)c4)n3)cc2)cc1. The van der Waals surface area contributed by atoms with E-state index in [9.17, 15) is 0 Å². The average Bonchev–Trinajstić information content (AvgIpc) is 3.82. The van der Waals surface area contributed by atoms with Crippen molar-refractivity contribution in [1.82, 2.24) is 15.0 Å². The van der Waals surface area contributed by atoms with Gasteiger partial charge >= 0.3 is 0 Å². The first-order chi connectivity index (χ1) is 30.2. The third-order valence-electron chi connectivity index (χ3n) is 12.6. The maximum atomic E-state index is 5.07. The van der Waals surface area contributed by atoms with Crippen molar-refractivity contribution in [3.05, 3.63) is 247 Å². The molecule has 10 aromatic rings. The van der Waals surface area contributed by atoms with Crippen LogP contribution in [0.3, 0.4) is 0 Å². The lowest BCUT2D eigenvalue weighted by Gasteiger charge is -2.30. The Bertz CT molecular complexity index is 3220. The molecule has 1 aromatic heterocycles. The predicted molar refractivity (Wildman–Crippen MR) is 249 cm³/mol. The van der Waals surface area contributed by atoms with Gasteiger partial charge in [0.1, 0.15) is 0 Å². The molecule has 9 aromatic carbocycles. The fourth-order valence-corrected chi connectivity index (χ4v) is 9.76. The standard InChI is InChI=1S/C58H37N3/c1-3-14-38(15-4-1)39-30-32-43(33-31-39)56-59-55(42-16-5-2-6-17-42)60-57(61-56)46-19-13-18-44(36-46)40-26-28-41(29-27-40)45-34-35-50-49-22-9-12-25-53(49)58(54(50)37-45)51-23-10-7-20-47(51)48-21-8-11-24-52(48)58/h1-37H. The first-order valence-electron chi connectivity index (χ1n) is 20.8. The molecule has 2 aliphatic carbocycles. The lowest BCUT2D eigenvalue weighted by Crippen LogP contribution is -2.25. The van der Waals surface area contributed by atoms with Crippen LogP contribution in [0.25, 0.3) is 89.8 Å². The Hall–Kier alpha value is -8.01. The van der Waals surface area contributed by atoms with Crippen molar-refractivity contribution in [3.63, 3.8) is 0 Å². The van der Waals surface area contributed by atoms with Gasteiger partial charge in [-0.2, -0.15) is 0 Å². The molecule has 0 amide bonds. The van der Waals surface area contributed by atoms with E-state index in [0.29, 0.717) is 17.5 Å². The van der Waals surface area contributed by atoms with Gasteiger partial charge in [0.05, 0.1) is 5.41 Å². The molecule has 0 radical (unpaired) electrons. The maximum absolute atomic E-state index is 5.07. The molecule has 61 heavy (non-hydrogen) atoms. The number of nitrogens with zero attached hydrogens (tertiary/aromatic N) is 3. The highest BCUT2D eigenvalue weighted by Crippen LogP contribution is 2.63. The first-order valence-corrected chi connectivity index (χ1v) is 20.8. The molecule has 0 atom stereocenters. The van der Waals surface area contributed by atoms with Gasteiger partial charge in [-0.1, -0.05) is 212 Å². The number of aromatic nitrogens is 3. The largest absolute Gasteiger partial charge is 0.208 e. The van der Waals surface area contributed by atoms with Crippen molar-refractivity contribution >= 4 is 0 Å². The minimum absolute atomic E-state index is 0.365. The zero-order valence-electron chi connectivity index (χ0n) is 33.2. The van der Waals surface area contributed by atoms with Gasteiger partial charge in [0.25, 0.3) is 0 Å². The number of fused-ring (bicyclic) bond motifs is 10. The molecule has 0 saturated heterocycles. The Kier molecular flexibility index (Phi) is 8.07. The van der Waals surface area contributed by atoms with Crippen LogP contribution in [0, 0.1) is 0 Å². The topological polar surface area (TPSA) is 38.7 Å². The number of rotatable bonds is 6. The lowest BCUT2D eigenvalue weighted by atomic mass is 9.70. The van der Waals surface area contributed by atoms with E-state index in [-0.39, 0.29) is 5.41 Å². The van der Waals surface area contributed by atoms with Crippen LogP contribution >= 0.6 is 0 Å². The molecule has 284 valence electrons. The molecular weight excluding hydrogens is 739 g/mol. The van der Waals surface area contributed by atoms with Crippen LogP contribution in [-0.2, 0) is 5.41 Å². The fraction of sp³-hybridized carbons (Fsp3) is 0.0172. The molecule has 0 unspecified atom stereocenters. The average molecular weight is 776 g/mol. The van der Waals surface area contributed by atoms with Crippen molar-refractivity contribution in [2.75, 3.05) is 0 Å². The van der Waals surface area contributed by atoms with Crippen molar-refractivity contribution < 1.29 is 0 Å². The molecular formula is C58H37N3. The van der Waals surface area contributed by atoms with Gasteiger partial charge in [0.15, 0.2) is 17.5 Å². The summed E-state index contributed by atoms with van der Waals surface area (Å²) in [4.78, 5) is 15.1. The second kappa shape index (κ2) is 14.1. The van der Waals surface area contributed by atoms with Crippen LogP contribution in [0.2, 0.25) is 0 Å². The summed E-state index contributed by atoms with van der Waals surface area (Å²) in [6.45, 7) is 0. The highest BCUT2D eigenvalue weighted by Gasteiger charge is 2.51. The summed E-state index contributed by atoms with van der Waals surface area (Å²) in [6.07, 6.45) is 0. The van der Waals surface area contributed by atoms with Crippen molar-refractivity contribution in [3.8, 4) is 89.8 Å². The molecule has 3 nitrogen and oxygen atoms in total. The van der Waals surface area contributed by atoms with Crippen LogP contribution in [0.1, 0.15) is 22.3 Å². The predicted octanol–water partition coefficient (Wildman–Crippen LogP) is 14.2. The first kappa shape index (κ1) is 35.0. The van der Waals surface area contributed by atoms with Gasteiger partial charge < -0.3 is 0 Å². The van der Waals surface area contributed by atoms with E-state index in [4.69, 9.17) is 15.0 Å². The minimum atomic E-state index is -0.365. The molecule has 1 spiro atoms. The van der Waals surface area contributed by atoms with Crippen LogP contribution in [0.15, 0.2) is 224 Å². The zero-order valence-corrected chi connectivity index (χ0v) is 33.2. The number of benzene rings is 9. The van der Waals surface area contributed by atoms with Gasteiger partial charge in [0, 0.05) is 16.7 Å². The molecule has 0 bridgehead atoms. The van der Waals surface area contributed by atoms with Gasteiger partial charge in [-0.15, -0.1) is 0 Å². The molecule has 0 aliphatic heterocycles. The van der Waals surface area contributed by atoms with E-state index in [0.717, 1.165) is 33.4 Å². The second-order valence-electron chi connectivity index (χ2n) is 15.9. The van der Waals surface area contributed by atoms with Crippen molar-refractivity contribution in [2.24, 2.45) is 0 Å². The monoisotopic (exact) mass is 775 g/mol. The van der Waals surface area contributed by atoms with Crippen LogP contribution in [0.5, 0.6) is 0 Å². The Morgan fingerprint density at radius 2 is 0.541 bits per heavy atom. The second-order valence-corrected chi connectivity index (χ2v) is 15.9. The van der Waals surface area contributed by atoms with Crippen molar-refractivity contribution in [2.45, 2.75) is 5.41 Å². The van der Waals surface area contributed by atoms with E-state index in [1.165, 1.54) is 61.2 Å². The zero-order chi connectivity index (χ0) is 40.3. The minimum Gasteiger partial charge on any atom is -0.208 e. The number of hydrogen-bond acceptors (Lipinski definition) is 3. The highest BCUT2D eigenvalue weighted by molar-refractivity contribution is 5.96. The molecule has 0 fully saturated rings. The Balaban J connectivity index is 0.907. The van der Waals surface area contributed by atoms with Gasteiger partial charge in [0.2, 0.25) is 0 Å². The summed E-state index contributed by atoms with van der Waals surface area (Å²) in [5.74, 6) is 1.92. The summed E-state index contributed by atoms with van der Waals surface area (Å²) >= 11 is 0. The smallest absolute Gasteiger partial charge is 0.164 e. The molecule has 0 saturated carbocycles. The van der Waals surface area contributed by atoms with E-state index in [1.807, 2.05) is 36.4 Å². The van der Waals surface area contributed by atoms with E-state index in [2.05, 4.69) is 188 Å². The normalized spacial score (nSPS) is 12.7. The molecule has 2 aliphatic rings. The van der Waals surface area contributed by atoms with E-state index < -0.39 is 0 Å². The molecule has 12 rings (SSSR count). The number of hydrogen-bond donors (Lipinski definition) is 0.